The molecule has 0 fully saturated rings. The third kappa shape index (κ3) is 3.67. The Balaban J connectivity index is 2.24. The molecule has 0 saturated carbocycles. The number of rotatable bonds is 3. The van der Waals surface area contributed by atoms with E-state index >= 15 is 0 Å². The highest BCUT2D eigenvalue weighted by atomic mass is 32.1. The van der Waals surface area contributed by atoms with Gasteiger partial charge in [0.05, 0.1) is 24.0 Å². The first kappa shape index (κ1) is 14.3. The minimum Gasteiger partial charge on any atom is -0.395 e. The zero-order valence-electron chi connectivity index (χ0n) is 11.0. The Labute approximate surface area is 121 Å². The number of benzene rings is 1. The summed E-state index contributed by atoms with van der Waals surface area (Å²) in [6.45, 7) is 1.98. The largest absolute Gasteiger partial charge is 0.395 e. The van der Waals surface area contributed by atoms with Crippen molar-refractivity contribution in [1.29, 1.82) is 0 Å². The van der Waals surface area contributed by atoms with Crippen molar-refractivity contribution in [1.82, 2.24) is 4.98 Å². The number of aliphatic hydroxyl groups is 1. The van der Waals surface area contributed by atoms with Gasteiger partial charge in [0.15, 0.2) is 0 Å². The van der Waals surface area contributed by atoms with E-state index in [1.165, 1.54) is 17.5 Å². The molecule has 0 aliphatic carbocycles. The topological polar surface area (TPSA) is 62.2 Å². The highest BCUT2D eigenvalue weighted by Gasteiger charge is 2.09. The van der Waals surface area contributed by atoms with Crippen LogP contribution in [0.4, 0.5) is 5.69 Å². The van der Waals surface area contributed by atoms with Gasteiger partial charge in [0, 0.05) is 12.0 Å². The quantitative estimate of drug-likeness (QED) is 0.852. The molecule has 0 radical (unpaired) electrons. The zero-order valence-corrected chi connectivity index (χ0v) is 11.8. The highest BCUT2D eigenvalue weighted by molar-refractivity contribution is 7.11. The molecule has 2 rings (SSSR count). The number of anilines is 1. The Morgan fingerprint density at radius 1 is 1.50 bits per heavy atom. The van der Waals surface area contributed by atoms with Crippen LogP contribution in [0.5, 0.6) is 0 Å². The van der Waals surface area contributed by atoms with Crippen molar-refractivity contribution in [3.05, 3.63) is 45.9 Å². The lowest BCUT2D eigenvalue weighted by atomic mass is 10.1. The fourth-order valence-corrected chi connectivity index (χ4v) is 2.11. The second-order valence-corrected chi connectivity index (χ2v) is 5.03. The summed E-state index contributed by atoms with van der Waals surface area (Å²) in [5.74, 6) is 5.62. The van der Waals surface area contributed by atoms with E-state index in [-0.39, 0.29) is 12.5 Å². The number of aromatic nitrogens is 1. The van der Waals surface area contributed by atoms with Crippen LogP contribution in [0.1, 0.15) is 27.2 Å². The number of hydrogen-bond acceptors (Lipinski definition) is 4. The molecule has 0 spiro atoms. The third-order valence-electron chi connectivity index (χ3n) is 2.54. The molecule has 1 amide bonds. The van der Waals surface area contributed by atoms with E-state index in [4.69, 9.17) is 5.11 Å². The predicted octanol–water partition coefficient (Wildman–Crippen LogP) is 2.44. The maximum absolute atomic E-state index is 12.0. The van der Waals surface area contributed by atoms with Crippen molar-refractivity contribution >= 4 is 22.9 Å². The molecule has 1 aromatic heterocycles. The van der Waals surface area contributed by atoms with Gasteiger partial charge in [0.1, 0.15) is 4.88 Å². The highest BCUT2D eigenvalue weighted by Crippen LogP contribution is 2.18. The Bertz CT molecular complexity index is 654. The van der Waals surface area contributed by atoms with Crippen LogP contribution in [-0.2, 0) is 0 Å². The molecule has 0 unspecified atom stereocenters. The minimum atomic E-state index is -0.191. The molecule has 0 aliphatic heterocycles. The number of carbonyl (C=O) groups is 1. The van der Waals surface area contributed by atoms with E-state index < -0.39 is 0 Å². The molecule has 2 N–H and O–H groups in total. The van der Waals surface area contributed by atoms with E-state index in [0.29, 0.717) is 17.0 Å². The number of aliphatic hydroxyl groups excluding tert-OH is 1. The number of thiazole rings is 1. The van der Waals surface area contributed by atoms with E-state index in [9.17, 15) is 4.79 Å². The van der Waals surface area contributed by atoms with Crippen LogP contribution in [0.2, 0.25) is 0 Å². The molecular weight excluding hydrogens is 272 g/mol. The number of nitrogens with zero attached hydrogens (tertiary/aromatic N) is 1. The van der Waals surface area contributed by atoms with E-state index in [0.717, 1.165) is 11.1 Å². The second kappa shape index (κ2) is 6.85. The van der Waals surface area contributed by atoms with Gasteiger partial charge in [0.25, 0.3) is 5.91 Å². The molecule has 5 heteroatoms. The summed E-state index contributed by atoms with van der Waals surface area (Å²) in [4.78, 5) is 16.5. The summed E-state index contributed by atoms with van der Waals surface area (Å²) >= 11 is 1.29. The van der Waals surface area contributed by atoms with Gasteiger partial charge in [-0.25, -0.2) is 0 Å². The first-order chi connectivity index (χ1) is 9.70. The van der Waals surface area contributed by atoms with Gasteiger partial charge >= 0.3 is 0 Å². The number of amides is 1. The maximum Gasteiger partial charge on any atom is 0.267 e. The van der Waals surface area contributed by atoms with E-state index in [1.54, 1.807) is 5.51 Å². The first-order valence-corrected chi connectivity index (χ1v) is 6.99. The van der Waals surface area contributed by atoms with E-state index in [1.807, 2.05) is 25.1 Å². The average molecular weight is 286 g/mol. The van der Waals surface area contributed by atoms with Crippen molar-refractivity contribution in [2.75, 3.05) is 11.9 Å². The van der Waals surface area contributed by atoms with Gasteiger partial charge in [-0.05, 0) is 24.6 Å². The number of nitrogens with one attached hydrogen (secondary N) is 1. The Kier molecular flexibility index (Phi) is 4.88. The lowest BCUT2D eigenvalue weighted by molar-refractivity contribution is 0.103. The van der Waals surface area contributed by atoms with Crippen molar-refractivity contribution in [3.8, 4) is 11.8 Å². The Morgan fingerprint density at radius 2 is 2.35 bits per heavy atom. The Morgan fingerprint density at radius 3 is 3.05 bits per heavy atom. The molecule has 0 saturated heterocycles. The normalized spacial score (nSPS) is 9.70. The summed E-state index contributed by atoms with van der Waals surface area (Å²) < 4.78 is 0. The van der Waals surface area contributed by atoms with Crippen LogP contribution in [-0.4, -0.2) is 22.6 Å². The van der Waals surface area contributed by atoms with Gasteiger partial charge in [-0.15, -0.1) is 11.3 Å². The fraction of sp³-hybridized carbons (Fsp3) is 0.200. The third-order valence-corrected chi connectivity index (χ3v) is 3.31. The lowest BCUT2D eigenvalue weighted by Gasteiger charge is -2.07. The van der Waals surface area contributed by atoms with Gasteiger partial charge in [0.2, 0.25) is 0 Å². The molecule has 1 heterocycles. The van der Waals surface area contributed by atoms with Crippen LogP contribution in [0.3, 0.4) is 0 Å². The van der Waals surface area contributed by atoms with Crippen molar-refractivity contribution in [2.45, 2.75) is 13.3 Å². The zero-order chi connectivity index (χ0) is 14.4. The fourth-order valence-electron chi connectivity index (χ4n) is 1.60. The summed E-state index contributed by atoms with van der Waals surface area (Å²) in [6.07, 6.45) is 1.95. The summed E-state index contributed by atoms with van der Waals surface area (Å²) in [6, 6.07) is 5.68. The molecule has 102 valence electrons. The molecule has 0 atom stereocenters. The van der Waals surface area contributed by atoms with Crippen LogP contribution in [0.25, 0.3) is 0 Å². The van der Waals surface area contributed by atoms with Crippen LogP contribution >= 0.6 is 11.3 Å². The molecule has 0 bridgehead atoms. The first-order valence-electron chi connectivity index (χ1n) is 6.11. The molecule has 20 heavy (non-hydrogen) atoms. The van der Waals surface area contributed by atoms with E-state index in [2.05, 4.69) is 22.1 Å². The van der Waals surface area contributed by atoms with Gasteiger partial charge in [-0.2, -0.15) is 0 Å². The van der Waals surface area contributed by atoms with Crippen LogP contribution in [0, 0.1) is 18.8 Å². The average Bonchev–Trinajstić information content (AvgIpc) is 2.95. The van der Waals surface area contributed by atoms with Crippen molar-refractivity contribution < 1.29 is 9.90 Å². The van der Waals surface area contributed by atoms with Crippen LogP contribution < -0.4 is 5.32 Å². The number of carbonyl (C=O) groups excluding carboxylic acids is 1. The maximum atomic E-state index is 12.0. The molecule has 1 aromatic carbocycles. The standard InChI is InChI=1S/C15H14N2O2S/c1-11-5-6-12(4-2-3-7-18)13(8-11)17-15(19)14-9-16-10-20-14/h5-6,8-10,18H,3,7H2,1H3,(H,17,19). The summed E-state index contributed by atoms with van der Waals surface area (Å²) in [5.41, 5.74) is 4.07. The predicted molar refractivity (Wildman–Crippen MR) is 79.8 cm³/mol. The lowest BCUT2D eigenvalue weighted by Crippen LogP contribution is -2.11. The van der Waals surface area contributed by atoms with Crippen molar-refractivity contribution in [3.63, 3.8) is 0 Å². The summed E-state index contributed by atoms with van der Waals surface area (Å²) in [5, 5.41) is 11.6. The number of aryl methyl sites for hydroxylation is 1. The monoisotopic (exact) mass is 286 g/mol. The van der Waals surface area contributed by atoms with Crippen LogP contribution in [0.15, 0.2) is 29.9 Å². The van der Waals surface area contributed by atoms with Crippen molar-refractivity contribution in [2.24, 2.45) is 0 Å². The summed E-state index contributed by atoms with van der Waals surface area (Å²) in [7, 11) is 0. The molecular formula is C15H14N2O2S. The SMILES string of the molecule is Cc1ccc(C#CCCO)c(NC(=O)c2cncs2)c1. The second-order valence-electron chi connectivity index (χ2n) is 4.14. The van der Waals surface area contributed by atoms with Gasteiger partial charge < -0.3 is 10.4 Å². The van der Waals surface area contributed by atoms with Gasteiger partial charge in [-0.3, -0.25) is 9.78 Å². The Hall–Kier alpha value is -2.16. The van der Waals surface area contributed by atoms with Gasteiger partial charge in [-0.1, -0.05) is 17.9 Å². The molecule has 0 aliphatic rings. The number of hydrogen-bond donors (Lipinski definition) is 2. The molecule has 4 nitrogen and oxygen atoms in total. The minimum absolute atomic E-state index is 0.0292. The smallest absolute Gasteiger partial charge is 0.267 e. The molecule has 2 aromatic rings.